The maximum atomic E-state index is 12.2. The van der Waals surface area contributed by atoms with Gasteiger partial charge >= 0.3 is 5.97 Å². The van der Waals surface area contributed by atoms with Crippen molar-refractivity contribution < 1.29 is 9.53 Å². The second kappa shape index (κ2) is 5.82. The molecule has 0 heterocycles. The molecule has 1 unspecified atom stereocenters. The largest absolute Gasteiger partial charge is 0.465 e. The SMILES string of the molecule is CCOC(=O)C(CN)(c1ccccc1)C(C)C. The van der Waals surface area contributed by atoms with Crippen LogP contribution in [0.1, 0.15) is 26.3 Å². The van der Waals surface area contributed by atoms with Crippen molar-refractivity contribution in [3.8, 4) is 0 Å². The first-order chi connectivity index (χ1) is 8.09. The lowest BCUT2D eigenvalue weighted by atomic mass is 9.71. The quantitative estimate of drug-likeness (QED) is 0.795. The van der Waals surface area contributed by atoms with E-state index in [0.29, 0.717) is 6.61 Å². The molecule has 0 bridgehead atoms. The Morgan fingerprint density at radius 2 is 1.94 bits per heavy atom. The molecule has 0 aliphatic carbocycles. The van der Waals surface area contributed by atoms with Crippen LogP contribution in [0.5, 0.6) is 0 Å². The molecule has 3 nitrogen and oxygen atoms in total. The van der Waals surface area contributed by atoms with Gasteiger partial charge in [0, 0.05) is 6.54 Å². The first-order valence-corrected chi connectivity index (χ1v) is 6.02. The molecule has 0 aliphatic heterocycles. The predicted octanol–water partition coefficient (Wildman–Crippen LogP) is 2.10. The van der Waals surface area contributed by atoms with E-state index in [1.54, 1.807) is 0 Å². The lowest BCUT2D eigenvalue weighted by Crippen LogP contribution is -2.48. The summed E-state index contributed by atoms with van der Waals surface area (Å²) < 4.78 is 5.20. The molecule has 17 heavy (non-hydrogen) atoms. The lowest BCUT2D eigenvalue weighted by molar-refractivity contribution is -0.151. The molecule has 1 aromatic rings. The lowest BCUT2D eigenvalue weighted by Gasteiger charge is -2.34. The minimum absolute atomic E-state index is 0.0916. The van der Waals surface area contributed by atoms with Crippen molar-refractivity contribution >= 4 is 5.97 Å². The first kappa shape index (κ1) is 13.7. The fourth-order valence-corrected chi connectivity index (χ4v) is 2.12. The minimum Gasteiger partial charge on any atom is -0.465 e. The Morgan fingerprint density at radius 1 is 1.35 bits per heavy atom. The molecule has 3 heteroatoms. The smallest absolute Gasteiger partial charge is 0.318 e. The second-order valence-electron chi connectivity index (χ2n) is 4.42. The Hall–Kier alpha value is -1.35. The number of hydrogen-bond donors (Lipinski definition) is 1. The first-order valence-electron chi connectivity index (χ1n) is 6.02. The molecule has 1 aromatic carbocycles. The van der Waals surface area contributed by atoms with Crippen LogP contribution in [0, 0.1) is 5.92 Å². The summed E-state index contributed by atoms with van der Waals surface area (Å²) in [5.41, 5.74) is 6.06. The van der Waals surface area contributed by atoms with Crippen LogP contribution in [-0.2, 0) is 14.9 Å². The van der Waals surface area contributed by atoms with Crippen molar-refractivity contribution in [2.45, 2.75) is 26.2 Å². The summed E-state index contributed by atoms with van der Waals surface area (Å²) in [6.07, 6.45) is 0. The molecule has 1 rings (SSSR count). The Bertz CT molecular complexity index is 362. The van der Waals surface area contributed by atoms with Gasteiger partial charge in [-0.05, 0) is 18.4 Å². The van der Waals surface area contributed by atoms with Gasteiger partial charge in [-0.2, -0.15) is 0 Å². The molecular weight excluding hydrogens is 214 g/mol. The molecule has 1 atom stereocenters. The van der Waals surface area contributed by atoms with Gasteiger partial charge in [0.05, 0.1) is 6.61 Å². The zero-order chi connectivity index (χ0) is 12.9. The minimum atomic E-state index is -0.739. The van der Waals surface area contributed by atoms with Crippen molar-refractivity contribution in [2.75, 3.05) is 13.2 Å². The van der Waals surface area contributed by atoms with E-state index in [9.17, 15) is 4.79 Å². The highest BCUT2D eigenvalue weighted by Gasteiger charge is 2.43. The van der Waals surface area contributed by atoms with Crippen LogP contribution in [0.25, 0.3) is 0 Å². The monoisotopic (exact) mass is 235 g/mol. The van der Waals surface area contributed by atoms with Crippen molar-refractivity contribution in [2.24, 2.45) is 11.7 Å². The molecular formula is C14H21NO2. The number of rotatable bonds is 5. The molecule has 0 aromatic heterocycles. The van der Waals surface area contributed by atoms with Crippen molar-refractivity contribution in [1.29, 1.82) is 0 Å². The van der Waals surface area contributed by atoms with Crippen molar-refractivity contribution in [3.63, 3.8) is 0 Å². The average Bonchev–Trinajstić information content (AvgIpc) is 2.32. The van der Waals surface area contributed by atoms with Gasteiger partial charge in [-0.15, -0.1) is 0 Å². The molecule has 0 saturated carbocycles. The maximum absolute atomic E-state index is 12.2. The van der Waals surface area contributed by atoms with Gasteiger partial charge in [0.15, 0.2) is 0 Å². The van der Waals surface area contributed by atoms with Crippen molar-refractivity contribution in [1.82, 2.24) is 0 Å². The Balaban J connectivity index is 3.23. The topological polar surface area (TPSA) is 52.3 Å². The van der Waals surface area contributed by atoms with E-state index in [-0.39, 0.29) is 18.4 Å². The van der Waals surface area contributed by atoms with E-state index >= 15 is 0 Å². The van der Waals surface area contributed by atoms with Crippen LogP contribution < -0.4 is 5.73 Å². The zero-order valence-electron chi connectivity index (χ0n) is 10.8. The summed E-state index contributed by atoms with van der Waals surface area (Å²) in [4.78, 5) is 12.2. The molecule has 94 valence electrons. The summed E-state index contributed by atoms with van der Waals surface area (Å²) in [5, 5.41) is 0. The van der Waals surface area contributed by atoms with Gasteiger partial charge in [-0.1, -0.05) is 44.2 Å². The third kappa shape index (κ3) is 2.50. The van der Waals surface area contributed by atoms with Crippen LogP contribution in [0.4, 0.5) is 0 Å². The van der Waals surface area contributed by atoms with Gasteiger partial charge in [-0.25, -0.2) is 0 Å². The van der Waals surface area contributed by atoms with E-state index in [0.717, 1.165) is 5.56 Å². The number of nitrogens with two attached hydrogens (primary N) is 1. The van der Waals surface area contributed by atoms with Gasteiger partial charge < -0.3 is 10.5 Å². The summed E-state index contributed by atoms with van der Waals surface area (Å²) in [5.74, 6) is -0.141. The van der Waals surface area contributed by atoms with Gasteiger partial charge in [-0.3, -0.25) is 4.79 Å². The Morgan fingerprint density at radius 3 is 2.35 bits per heavy atom. The number of esters is 1. The van der Waals surface area contributed by atoms with Crippen LogP contribution in [0.3, 0.4) is 0 Å². The summed E-state index contributed by atoms with van der Waals surface area (Å²) >= 11 is 0. The van der Waals surface area contributed by atoms with Crippen LogP contribution in [-0.4, -0.2) is 19.1 Å². The standard InChI is InChI=1S/C14H21NO2/c1-4-17-13(16)14(10-15,11(2)3)12-8-6-5-7-9-12/h5-9,11H,4,10,15H2,1-3H3. The molecule has 0 radical (unpaired) electrons. The number of hydrogen-bond acceptors (Lipinski definition) is 3. The molecule has 0 amide bonds. The highest BCUT2D eigenvalue weighted by atomic mass is 16.5. The maximum Gasteiger partial charge on any atom is 0.318 e. The van der Waals surface area contributed by atoms with Crippen molar-refractivity contribution in [3.05, 3.63) is 35.9 Å². The highest BCUT2D eigenvalue weighted by molar-refractivity contribution is 5.84. The normalized spacial score (nSPS) is 14.4. The fraction of sp³-hybridized carbons (Fsp3) is 0.500. The summed E-state index contributed by atoms with van der Waals surface area (Å²) in [6, 6.07) is 9.63. The fourth-order valence-electron chi connectivity index (χ4n) is 2.12. The Kier molecular flexibility index (Phi) is 4.70. The summed E-state index contributed by atoms with van der Waals surface area (Å²) in [6.45, 7) is 6.44. The number of carbonyl (C=O) groups excluding carboxylic acids is 1. The third-order valence-electron chi connectivity index (χ3n) is 3.24. The van der Waals surface area contributed by atoms with E-state index in [1.165, 1.54) is 0 Å². The predicted molar refractivity (Wildman–Crippen MR) is 68.6 cm³/mol. The average molecular weight is 235 g/mol. The van der Waals surface area contributed by atoms with Gasteiger partial charge in [0.1, 0.15) is 5.41 Å². The molecule has 0 spiro atoms. The number of benzene rings is 1. The van der Waals surface area contributed by atoms with E-state index in [1.807, 2.05) is 51.1 Å². The Labute approximate surface area is 103 Å². The third-order valence-corrected chi connectivity index (χ3v) is 3.24. The van der Waals surface area contributed by atoms with Gasteiger partial charge in [0.25, 0.3) is 0 Å². The van der Waals surface area contributed by atoms with E-state index in [4.69, 9.17) is 10.5 Å². The van der Waals surface area contributed by atoms with E-state index in [2.05, 4.69) is 0 Å². The highest BCUT2D eigenvalue weighted by Crippen LogP contribution is 2.32. The molecule has 0 aliphatic rings. The van der Waals surface area contributed by atoms with E-state index < -0.39 is 5.41 Å². The second-order valence-corrected chi connectivity index (χ2v) is 4.42. The molecule has 0 fully saturated rings. The molecule has 2 N–H and O–H groups in total. The number of ether oxygens (including phenoxy) is 1. The van der Waals surface area contributed by atoms with Crippen LogP contribution in [0.15, 0.2) is 30.3 Å². The zero-order valence-corrected chi connectivity index (χ0v) is 10.8. The number of carbonyl (C=O) groups is 1. The summed E-state index contributed by atoms with van der Waals surface area (Å²) in [7, 11) is 0. The van der Waals surface area contributed by atoms with Crippen LogP contribution in [0.2, 0.25) is 0 Å². The molecule has 0 saturated heterocycles. The van der Waals surface area contributed by atoms with Gasteiger partial charge in [0.2, 0.25) is 0 Å². The van der Waals surface area contributed by atoms with Crippen LogP contribution >= 0.6 is 0 Å².